The Hall–Kier alpha value is -2.22. The molecule has 0 spiro atoms. The van der Waals surface area contributed by atoms with Gasteiger partial charge in [-0.05, 0) is 41.8 Å². The Kier molecular flexibility index (Phi) is 3.38. The summed E-state index contributed by atoms with van der Waals surface area (Å²) in [6.45, 7) is 5.40. The molecule has 2 heteroatoms. The molecule has 0 bridgehead atoms. The molecule has 0 N–H and O–H groups in total. The summed E-state index contributed by atoms with van der Waals surface area (Å²) in [5.41, 5.74) is 3.14. The molecule has 0 aromatic heterocycles. The molecule has 0 aliphatic heterocycles. The molecule has 0 aliphatic rings. The maximum absolute atomic E-state index is 12.9. The lowest BCUT2D eigenvalue weighted by molar-refractivity contribution is 0.104. The van der Waals surface area contributed by atoms with Crippen LogP contribution in [-0.4, -0.2) is 5.78 Å². The SMILES string of the molecule is C=CC(=O)c1c(C)cccc1-c1ccc(F)cc1. The van der Waals surface area contributed by atoms with Gasteiger partial charge < -0.3 is 0 Å². The molecule has 2 rings (SSSR count). The summed E-state index contributed by atoms with van der Waals surface area (Å²) in [5, 5.41) is 0. The third kappa shape index (κ3) is 2.23. The van der Waals surface area contributed by atoms with E-state index in [-0.39, 0.29) is 11.6 Å². The van der Waals surface area contributed by atoms with E-state index in [1.165, 1.54) is 18.2 Å². The fourth-order valence-corrected chi connectivity index (χ4v) is 1.97. The van der Waals surface area contributed by atoms with Gasteiger partial charge in [0, 0.05) is 5.56 Å². The summed E-state index contributed by atoms with van der Waals surface area (Å²) in [4.78, 5) is 11.9. The van der Waals surface area contributed by atoms with Crippen LogP contribution in [0.15, 0.2) is 55.1 Å². The Morgan fingerprint density at radius 2 is 1.83 bits per heavy atom. The summed E-state index contributed by atoms with van der Waals surface area (Å²) in [7, 11) is 0. The summed E-state index contributed by atoms with van der Waals surface area (Å²) < 4.78 is 12.9. The van der Waals surface area contributed by atoms with Crippen LogP contribution in [-0.2, 0) is 0 Å². The average molecular weight is 240 g/mol. The van der Waals surface area contributed by atoms with Crippen LogP contribution >= 0.6 is 0 Å². The van der Waals surface area contributed by atoms with Gasteiger partial charge >= 0.3 is 0 Å². The van der Waals surface area contributed by atoms with Gasteiger partial charge in [-0.25, -0.2) is 4.39 Å². The Balaban J connectivity index is 2.64. The smallest absolute Gasteiger partial charge is 0.186 e. The van der Waals surface area contributed by atoms with Crippen molar-refractivity contribution in [2.75, 3.05) is 0 Å². The second-order valence-corrected chi connectivity index (χ2v) is 4.07. The number of aryl methyl sites for hydroxylation is 1. The fourth-order valence-electron chi connectivity index (χ4n) is 1.97. The van der Waals surface area contributed by atoms with Gasteiger partial charge in [0.1, 0.15) is 5.82 Å². The number of hydrogen-bond donors (Lipinski definition) is 0. The van der Waals surface area contributed by atoms with Crippen LogP contribution < -0.4 is 0 Å². The van der Waals surface area contributed by atoms with E-state index in [0.29, 0.717) is 5.56 Å². The highest BCUT2D eigenvalue weighted by Gasteiger charge is 2.12. The van der Waals surface area contributed by atoms with Crippen LogP contribution in [0.25, 0.3) is 11.1 Å². The molecule has 0 atom stereocenters. The molecule has 2 aromatic rings. The molecule has 1 nitrogen and oxygen atoms in total. The van der Waals surface area contributed by atoms with Crippen LogP contribution in [0.4, 0.5) is 4.39 Å². The maximum atomic E-state index is 12.9. The molecule has 0 radical (unpaired) electrons. The third-order valence-electron chi connectivity index (χ3n) is 2.86. The zero-order valence-electron chi connectivity index (χ0n) is 10.1. The van der Waals surface area contributed by atoms with Crippen LogP contribution in [0.1, 0.15) is 15.9 Å². The third-order valence-corrected chi connectivity index (χ3v) is 2.86. The second-order valence-electron chi connectivity index (χ2n) is 4.07. The number of carbonyl (C=O) groups excluding carboxylic acids is 1. The molecule has 2 aromatic carbocycles. The number of hydrogen-bond acceptors (Lipinski definition) is 1. The normalized spacial score (nSPS) is 10.1. The van der Waals surface area contributed by atoms with Gasteiger partial charge in [-0.15, -0.1) is 0 Å². The fraction of sp³-hybridized carbons (Fsp3) is 0.0625. The van der Waals surface area contributed by atoms with Crippen molar-refractivity contribution in [1.29, 1.82) is 0 Å². The molecular weight excluding hydrogens is 227 g/mol. The van der Waals surface area contributed by atoms with E-state index in [1.807, 2.05) is 25.1 Å². The summed E-state index contributed by atoms with van der Waals surface area (Å²) in [5.74, 6) is -0.407. The summed E-state index contributed by atoms with van der Waals surface area (Å²) in [6, 6.07) is 11.7. The summed E-state index contributed by atoms with van der Waals surface area (Å²) in [6.07, 6.45) is 1.30. The molecule has 90 valence electrons. The molecule has 0 saturated heterocycles. The maximum Gasteiger partial charge on any atom is 0.186 e. The predicted molar refractivity (Wildman–Crippen MR) is 71.1 cm³/mol. The van der Waals surface area contributed by atoms with Crippen molar-refractivity contribution in [3.8, 4) is 11.1 Å². The Bertz CT molecular complexity index is 597. The van der Waals surface area contributed by atoms with E-state index in [2.05, 4.69) is 6.58 Å². The van der Waals surface area contributed by atoms with Crippen LogP contribution in [0, 0.1) is 12.7 Å². The molecule has 0 heterocycles. The van der Waals surface area contributed by atoms with Crippen molar-refractivity contribution < 1.29 is 9.18 Å². The lowest BCUT2D eigenvalue weighted by atomic mass is 9.93. The van der Waals surface area contributed by atoms with Crippen LogP contribution in [0.5, 0.6) is 0 Å². The van der Waals surface area contributed by atoms with Crippen molar-refractivity contribution in [3.63, 3.8) is 0 Å². The average Bonchev–Trinajstić information content (AvgIpc) is 2.38. The minimum Gasteiger partial charge on any atom is -0.289 e. The quantitative estimate of drug-likeness (QED) is 0.581. The number of carbonyl (C=O) groups is 1. The van der Waals surface area contributed by atoms with Gasteiger partial charge in [0.05, 0.1) is 0 Å². The first-order valence-corrected chi connectivity index (χ1v) is 5.66. The number of benzene rings is 2. The predicted octanol–water partition coefficient (Wildman–Crippen LogP) is 4.17. The van der Waals surface area contributed by atoms with Crippen molar-refractivity contribution >= 4 is 5.78 Å². The standard InChI is InChI=1S/C16H13FO/c1-3-15(18)16-11(2)5-4-6-14(16)12-7-9-13(17)10-8-12/h3-10H,1H2,2H3. The molecular formula is C16H13FO. The van der Waals surface area contributed by atoms with E-state index < -0.39 is 0 Å². The van der Waals surface area contributed by atoms with E-state index >= 15 is 0 Å². The minimum absolute atomic E-state index is 0.118. The van der Waals surface area contributed by atoms with Crippen molar-refractivity contribution in [2.45, 2.75) is 6.92 Å². The number of halogens is 1. The lowest BCUT2D eigenvalue weighted by Crippen LogP contribution is -2.00. The monoisotopic (exact) mass is 240 g/mol. The first kappa shape index (κ1) is 12.2. The topological polar surface area (TPSA) is 17.1 Å². The number of ketones is 1. The Labute approximate surface area is 106 Å². The molecule has 0 saturated carbocycles. The van der Waals surface area contributed by atoms with Gasteiger partial charge in [-0.1, -0.05) is 36.9 Å². The van der Waals surface area contributed by atoms with E-state index in [9.17, 15) is 9.18 Å². The number of rotatable bonds is 3. The van der Waals surface area contributed by atoms with Gasteiger partial charge in [0.15, 0.2) is 5.78 Å². The van der Waals surface area contributed by atoms with Gasteiger partial charge in [-0.3, -0.25) is 4.79 Å². The highest BCUT2D eigenvalue weighted by molar-refractivity contribution is 6.09. The van der Waals surface area contributed by atoms with Gasteiger partial charge in [0.2, 0.25) is 0 Å². The van der Waals surface area contributed by atoms with E-state index in [1.54, 1.807) is 12.1 Å². The van der Waals surface area contributed by atoms with Gasteiger partial charge in [0.25, 0.3) is 0 Å². The molecule has 0 aliphatic carbocycles. The van der Waals surface area contributed by atoms with E-state index in [0.717, 1.165) is 16.7 Å². The zero-order valence-corrected chi connectivity index (χ0v) is 10.1. The van der Waals surface area contributed by atoms with Crippen molar-refractivity contribution in [1.82, 2.24) is 0 Å². The Morgan fingerprint density at radius 3 is 2.44 bits per heavy atom. The minimum atomic E-state index is -0.289. The highest BCUT2D eigenvalue weighted by Crippen LogP contribution is 2.27. The van der Waals surface area contributed by atoms with E-state index in [4.69, 9.17) is 0 Å². The lowest BCUT2D eigenvalue weighted by Gasteiger charge is -2.10. The molecule has 18 heavy (non-hydrogen) atoms. The largest absolute Gasteiger partial charge is 0.289 e. The van der Waals surface area contributed by atoms with Gasteiger partial charge in [-0.2, -0.15) is 0 Å². The molecule has 0 unspecified atom stereocenters. The van der Waals surface area contributed by atoms with Crippen LogP contribution in [0.3, 0.4) is 0 Å². The number of allylic oxidation sites excluding steroid dienone is 1. The Morgan fingerprint density at radius 1 is 1.17 bits per heavy atom. The van der Waals surface area contributed by atoms with Crippen molar-refractivity contribution in [2.24, 2.45) is 0 Å². The first-order chi connectivity index (χ1) is 8.63. The van der Waals surface area contributed by atoms with Crippen LogP contribution in [0.2, 0.25) is 0 Å². The highest BCUT2D eigenvalue weighted by atomic mass is 19.1. The zero-order chi connectivity index (χ0) is 13.1. The summed E-state index contributed by atoms with van der Waals surface area (Å²) >= 11 is 0. The molecule has 0 amide bonds. The first-order valence-electron chi connectivity index (χ1n) is 5.66. The van der Waals surface area contributed by atoms with Crippen molar-refractivity contribution in [3.05, 3.63) is 72.1 Å². The molecule has 0 fully saturated rings. The second kappa shape index (κ2) is 4.96.